The predicted molar refractivity (Wildman–Crippen MR) is 115 cm³/mol. The number of carbonyl (C=O) groups excluding carboxylic acids is 1. The van der Waals surface area contributed by atoms with Gasteiger partial charge in [0.05, 0.1) is 21.8 Å². The number of benzene rings is 1. The number of carbonyl (C=O) groups is 1. The van der Waals surface area contributed by atoms with Crippen molar-refractivity contribution in [1.82, 2.24) is 15.1 Å². The maximum atomic E-state index is 13.0. The largest absolute Gasteiger partial charge is 0.331 e. The molecule has 2 amide bonds. The molecule has 0 spiro atoms. The third kappa shape index (κ3) is 5.46. The minimum atomic E-state index is -0.612. The van der Waals surface area contributed by atoms with Gasteiger partial charge < -0.3 is 15.1 Å². The van der Waals surface area contributed by atoms with Gasteiger partial charge in [0, 0.05) is 25.6 Å². The van der Waals surface area contributed by atoms with Gasteiger partial charge in [0.15, 0.2) is 5.97 Å². The summed E-state index contributed by atoms with van der Waals surface area (Å²) in [5.74, 6) is -0.612. The topological polar surface area (TPSA) is 47.9 Å². The number of hydrogen-bond acceptors (Lipinski definition) is 3. The van der Waals surface area contributed by atoms with Gasteiger partial charge in [0.2, 0.25) is 0 Å². The molecule has 0 saturated carbocycles. The van der Waals surface area contributed by atoms with E-state index < -0.39 is 5.97 Å². The van der Waals surface area contributed by atoms with Crippen molar-refractivity contribution in [2.24, 2.45) is 4.99 Å². The molecular formula is C20H27Cl2FN4O. The first kappa shape index (κ1) is 22.7. The van der Waals surface area contributed by atoms with Crippen LogP contribution in [0.3, 0.4) is 0 Å². The Bertz CT molecular complexity index is 772. The zero-order chi connectivity index (χ0) is 21.0. The lowest BCUT2D eigenvalue weighted by atomic mass is 10.0. The quantitative estimate of drug-likeness (QED) is 0.659. The second kappa shape index (κ2) is 9.72. The van der Waals surface area contributed by atoms with Crippen LogP contribution in [-0.4, -0.2) is 55.0 Å². The molecule has 0 aromatic heterocycles. The van der Waals surface area contributed by atoms with E-state index >= 15 is 0 Å². The van der Waals surface area contributed by atoms with Crippen LogP contribution in [0.4, 0.5) is 9.18 Å². The summed E-state index contributed by atoms with van der Waals surface area (Å²) in [5.41, 5.74) is 1.32. The normalized spacial score (nSPS) is 17.3. The lowest BCUT2D eigenvalue weighted by molar-refractivity contribution is 0.146. The molecule has 1 aromatic carbocycles. The molecule has 1 saturated heterocycles. The van der Waals surface area contributed by atoms with Crippen LogP contribution in [0.1, 0.15) is 43.9 Å². The Morgan fingerprint density at radius 2 is 1.96 bits per heavy atom. The van der Waals surface area contributed by atoms with Gasteiger partial charge in [-0.05, 0) is 45.5 Å². The number of nitrogens with zero attached hydrogens (tertiary/aromatic N) is 3. The van der Waals surface area contributed by atoms with E-state index in [4.69, 9.17) is 23.2 Å². The SMILES string of the molecule is C=C(N=C(C)F)c1ccc([C@H](C)NC(=O)N(C)C2CCN(C)CC2)c(Cl)c1Cl. The van der Waals surface area contributed by atoms with E-state index in [2.05, 4.69) is 28.8 Å². The summed E-state index contributed by atoms with van der Waals surface area (Å²) >= 11 is 12.8. The summed E-state index contributed by atoms with van der Waals surface area (Å²) in [6.07, 6.45) is 1.90. The van der Waals surface area contributed by atoms with Gasteiger partial charge in [-0.2, -0.15) is 4.39 Å². The van der Waals surface area contributed by atoms with Crippen LogP contribution < -0.4 is 5.32 Å². The van der Waals surface area contributed by atoms with Crippen LogP contribution in [-0.2, 0) is 0 Å². The van der Waals surface area contributed by atoms with Crippen LogP contribution in [0.5, 0.6) is 0 Å². The zero-order valence-corrected chi connectivity index (χ0v) is 18.2. The summed E-state index contributed by atoms with van der Waals surface area (Å²) in [7, 11) is 3.90. The Balaban J connectivity index is 2.10. The van der Waals surface area contributed by atoms with Crippen molar-refractivity contribution in [1.29, 1.82) is 0 Å². The standard InChI is InChI=1S/C20H27Cl2FN4O/c1-12(24-14(3)23)16-6-7-17(19(22)18(16)21)13(2)25-20(28)27(5)15-8-10-26(4)11-9-15/h6-7,13,15H,1,8-11H2,2-5H3,(H,25,28)/t13-/m0/s1. The van der Waals surface area contributed by atoms with Crippen molar-refractivity contribution >= 4 is 40.9 Å². The van der Waals surface area contributed by atoms with Gasteiger partial charge >= 0.3 is 6.03 Å². The fourth-order valence-electron chi connectivity index (χ4n) is 3.28. The van der Waals surface area contributed by atoms with E-state index in [1.807, 2.05) is 14.0 Å². The first-order valence-electron chi connectivity index (χ1n) is 9.21. The van der Waals surface area contributed by atoms with Crippen LogP contribution in [0, 0.1) is 0 Å². The Kier molecular flexibility index (Phi) is 7.87. The number of halogens is 3. The van der Waals surface area contributed by atoms with Crippen LogP contribution in [0.2, 0.25) is 10.0 Å². The number of amides is 2. The predicted octanol–water partition coefficient (Wildman–Crippen LogP) is 5.15. The molecular weight excluding hydrogens is 402 g/mol. The fourth-order valence-corrected chi connectivity index (χ4v) is 3.89. The first-order valence-corrected chi connectivity index (χ1v) is 9.97. The zero-order valence-electron chi connectivity index (χ0n) is 16.7. The van der Waals surface area contributed by atoms with E-state index in [-0.39, 0.29) is 28.8 Å². The lowest BCUT2D eigenvalue weighted by Gasteiger charge is -2.35. The number of hydrogen-bond donors (Lipinski definition) is 1. The summed E-state index contributed by atoms with van der Waals surface area (Å²) in [4.78, 5) is 20.4. The van der Waals surface area contributed by atoms with Gasteiger partial charge in [0.1, 0.15) is 0 Å². The maximum absolute atomic E-state index is 13.0. The smallest absolute Gasteiger partial charge is 0.317 e. The molecule has 1 aromatic rings. The molecule has 1 heterocycles. The van der Waals surface area contributed by atoms with E-state index in [9.17, 15) is 9.18 Å². The van der Waals surface area contributed by atoms with Gasteiger partial charge in [-0.15, -0.1) is 0 Å². The van der Waals surface area contributed by atoms with E-state index in [0.717, 1.165) is 25.9 Å². The van der Waals surface area contributed by atoms with Crippen molar-refractivity contribution in [3.8, 4) is 0 Å². The summed E-state index contributed by atoms with van der Waals surface area (Å²) in [5, 5.41) is 3.50. The molecule has 1 fully saturated rings. The highest BCUT2D eigenvalue weighted by atomic mass is 35.5. The Labute approximate surface area is 176 Å². The van der Waals surface area contributed by atoms with E-state index in [1.54, 1.807) is 17.0 Å². The number of likely N-dealkylation sites (tertiary alicyclic amines) is 1. The molecule has 0 unspecified atom stereocenters. The number of nitrogens with one attached hydrogen (secondary N) is 1. The average Bonchev–Trinajstić information content (AvgIpc) is 2.63. The molecule has 0 aliphatic carbocycles. The Morgan fingerprint density at radius 1 is 1.36 bits per heavy atom. The van der Waals surface area contributed by atoms with Crippen molar-refractivity contribution in [2.75, 3.05) is 27.2 Å². The highest BCUT2D eigenvalue weighted by Crippen LogP contribution is 2.36. The summed E-state index contributed by atoms with van der Waals surface area (Å²) in [6.45, 7) is 8.75. The summed E-state index contributed by atoms with van der Waals surface area (Å²) < 4.78 is 13.0. The Morgan fingerprint density at radius 3 is 2.54 bits per heavy atom. The molecule has 0 radical (unpaired) electrons. The molecule has 0 bridgehead atoms. The van der Waals surface area contributed by atoms with Gasteiger partial charge in [-0.25, -0.2) is 9.79 Å². The molecule has 5 nitrogen and oxygen atoms in total. The van der Waals surface area contributed by atoms with Crippen molar-refractivity contribution in [3.63, 3.8) is 0 Å². The second-order valence-electron chi connectivity index (χ2n) is 7.20. The third-order valence-corrected chi connectivity index (χ3v) is 5.97. The van der Waals surface area contributed by atoms with Gasteiger partial charge in [-0.3, -0.25) is 0 Å². The molecule has 8 heteroatoms. The molecule has 1 atom stereocenters. The van der Waals surface area contributed by atoms with Gasteiger partial charge in [0.25, 0.3) is 0 Å². The van der Waals surface area contributed by atoms with Crippen LogP contribution >= 0.6 is 23.2 Å². The molecule has 1 aliphatic heterocycles. The van der Waals surface area contributed by atoms with Gasteiger partial charge in [-0.1, -0.05) is 41.9 Å². The Hall–Kier alpha value is -1.63. The van der Waals surface area contributed by atoms with Crippen LogP contribution in [0.15, 0.2) is 23.7 Å². The average molecular weight is 429 g/mol. The summed E-state index contributed by atoms with van der Waals surface area (Å²) in [6, 6.07) is 3.15. The van der Waals surface area contributed by atoms with Crippen molar-refractivity contribution in [3.05, 3.63) is 39.9 Å². The highest BCUT2D eigenvalue weighted by molar-refractivity contribution is 6.43. The number of rotatable bonds is 5. The number of piperidine rings is 1. The molecule has 2 rings (SSSR count). The molecule has 1 N–H and O–H groups in total. The van der Waals surface area contributed by atoms with Crippen molar-refractivity contribution in [2.45, 2.75) is 38.8 Å². The second-order valence-corrected chi connectivity index (χ2v) is 7.96. The number of aliphatic imine (C=N–C) groups is 1. The van der Waals surface area contributed by atoms with E-state index in [1.165, 1.54) is 6.92 Å². The fraction of sp³-hybridized carbons (Fsp3) is 0.500. The third-order valence-electron chi connectivity index (χ3n) is 5.07. The van der Waals surface area contributed by atoms with Crippen molar-refractivity contribution < 1.29 is 9.18 Å². The molecule has 1 aliphatic rings. The minimum Gasteiger partial charge on any atom is -0.331 e. The maximum Gasteiger partial charge on any atom is 0.317 e. The first-order chi connectivity index (χ1) is 13.1. The van der Waals surface area contributed by atoms with E-state index in [0.29, 0.717) is 16.1 Å². The molecule has 28 heavy (non-hydrogen) atoms. The number of urea groups is 1. The minimum absolute atomic E-state index is 0.152. The monoisotopic (exact) mass is 428 g/mol. The highest BCUT2D eigenvalue weighted by Gasteiger charge is 2.25. The van der Waals surface area contributed by atoms with Crippen LogP contribution in [0.25, 0.3) is 5.70 Å². The molecule has 154 valence electrons. The lowest BCUT2D eigenvalue weighted by Crippen LogP contribution is -2.48.